The van der Waals surface area contributed by atoms with Gasteiger partial charge in [0.25, 0.3) is 0 Å². The number of hydrogen-bond donors (Lipinski definition) is 1. The van der Waals surface area contributed by atoms with Crippen LogP contribution >= 0.6 is 11.3 Å². The van der Waals surface area contributed by atoms with Crippen LogP contribution in [-0.2, 0) is 17.6 Å². The summed E-state index contributed by atoms with van der Waals surface area (Å²) in [4.78, 5) is 13.5. The lowest BCUT2D eigenvalue weighted by molar-refractivity contribution is -0.115. The molecule has 1 amide bonds. The second-order valence-corrected chi connectivity index (χ2v) is 6.65. The topological polar surface area (TPSA) is 68.0 Å². The number of rotatable bonds is 5. The molecule has 5 nitrogen and oxygen atoms in total. The van der Waals surface area contributed by atoms with Crippen LogP contribution in [-0.4, -0.2) is 16.1 Å². The Morgan fingerprint density at radius 2 is 1.92 bits per heavy atom. The lowest BCUT2D eigenvalue weighted by Gasteiger charge is -2.05. The summed E-state index contributed by atoms with van der Waals surface area (Å²) in [5.74, 6) is 0.311. The summed E-state index contributed by atoms with van der Waals surface area (Å²) in [6.07, 6.45) is 0.827. The highest BCUT2D eigenvalue weighted by atomic mass is 32.1. The number of thiophene rings is 1. The van der Waals surface area contributed by atoms with Crippen molar-refractivity contribution in [2.75, 3.05) is 5.32 Å². The van der Waals surface area contributed by atoms with Crippen molar-refractivity contribution in [2.24, 2.45) is 0 Å². The molecule has 0 radical (unpaired) electrons. The van der Waals surface area contributed by atoms with Gasteiger partial charge in [0.2, 0.25) is 11.8 Å². The molecular weight excluding hydrogens is 334 g/mol. The summed E-state index contributed by atoms with van der Waals surface area (Å²) in [6.45, 7) is 0. The van der Waals surface area contributed by atoms with Gasteiger partial charge in [0.05, 0.1) is 12.8 Å². The Morgan fingerprint density at radius 3 is 2.80 bits per heavy atom. The molecule has 4 aromatic rings. The molecule has 6 heteroatoms. The maximum absolute atomic E-state index is 12.3. The van der Waals surface area contributed by atoms with Gasteiger partial charge in [0, 0.05) is 4.88 Å². The summed E-state index contributed by atoms with van der Waals surface area (Å²) in [5, 5.41) is 14.7. The summed E-state index contributed by atoms with van der Waals surface area (Å²) < 4.78 is 5.51. The Hall–Kier alpha value is -2.99. The van der Waals surface area contributed by atoms with E-state index in [0.29, 0.717) is 12.3 Å². The number of amides is 1. The maximum atomic E-state index is 12.3. The van der Waals surface area contributed by atoms with Gasteiger partial charge < -0.3 is 4.42 Å². The molecule has 0 saturated carbocycles. The molecular formula is C19H15N3O2S. The van der Waals surface area contributed by atoms with Crippen molar-refractivity contribution in [1.82, 2.24) is 10.2 Å². The third-order valence-electron chi connectivity index (χ3n) is 3.85. The van der Waals surface area contributed by atoms with Gasteiger partial charge in [-0.2, -0.15) is 0 Å². The number of benzene rings is 2. The number of hydrogen-bond acceptors (Lipinski definition) is 5. The lowest BCUT2D eigenvalue weighted by atomic mass is 10.0. The second-order valence-electron chi connectivity index (χ2n) is 5.62. The van der Waals surface area contributed by atoms with Crippen LogP contribution in [0.25, 0.3) is 10.8 Å². The molecule has 0 aliphatic heterocycles. The molecule has 0 aliphatic rings. The predicted molar refractivity (Wildman–Crippen MR) is 97.7 cm³/mol. The first-order chi connectivity index (χ1) is 12.3. The van der Waals surface area contributed by atoms with Gasteiger partial charge in [-0.25, -0.2) is 0 Å². The van der Waals surface area contributed by atoms with Crippen LogP contribution in [0.2, 0.25) is 0 Å². The Balaban J connectivity index is 1.44. The molecule has 0 atom stereocenters. The van der Waals surface area contributed by atoms with Crippen LogP contribution in [0, 0.1) is 0 Å². The molecule has 1 N–H and O–H groups in total. The smallest absolute Gasteiger partial charge is 0.322 e. The number of anilines is 1. The van der Waals surface area contributed by atoms with E-state index in [4.69, 9.17) is 4.42 Å². The first-order valence-electron chi connectivity index (χ1n) is 7.89. The van der Waals surface area contributed by atoms with E-state index in [9.17, 15) is 4.79 Å². The van der Waals surface area contributed by atoms with Crippen LogP contribution < -0.4 is 5.32 Å². The van der Waals surface area contributed by atoms with Gasteiger partial charge in [-0.05, 0) is 27.8 Å². The average Bonchev–Trinajstić information content (AvgIpc) is 3.28. The largest absolute Gasteiger partial charge is 0.407 e. The Labute approximate surface area is 148 Å². The number of carbonyl (C=O) groups excluding carboxylic acids is 1. The highest BCUT2D eigenvalue weighted by Crippen LogP contribution is 2.20. The molecule has 0 unspecified atom stereocenters. The van der Waals surface area contributed by atoms with Gasteiger partial charge in [-0.3, -0.25) is 10.1 Å². The lowest BCUT2D eigenvalue weighted by Crippen LogP contribution is -2.14. The zero-order valence-electron chi connectivity index (χ0n) is 13.3. The van der Waals surface area contributed by atoms with Gasteiger partial charge >= 0.3 is 6.01 Å². The van der Waals surface area contributed by atoms with Crippen molar-refractivity contribution in [3.63, 3.8) is 0 Å². The Morgan fingerprint density at radius 1 is 1.04 bits per heavy atom. The maximum Gasteiger partial charge on any atom is 0.322 e. The Bertz CT molecular complexity index is 1000. The number of fused-ring (bicyclic) bond motifs is 1. The van der Waals surface area contributed by atoms with E-state index < -0.39 is 0 Å². The van der Waals surface area contributed by atoms with Gasteiger partial charge in [-0.1, -0.05) is 53.6 Å². The minimum Gasteiger partial charge on any atom is -0.407 e. The van der Waals surface area contributed by atoms with Crippen LogP contribution in [0.1, 0.15) is 16.3 Å². The molecule has 0 bridgehead atoms. The molecule has 2 aromatic heterocycles. The summed E-state index contributed by atoms with van der Waals surface area (Å²) in [6, 6.07) is 18.1. The molecule has 0 fully saturated rings. The van der Waals surface area contributed by atoms with Crippen molar-refractivity contribution in [3.05, 3.63) is 76.3 Å². The SMILES string of the molecule is O=C(Cc1cccc2ccccc12)Nc1nnc(Cc2cccs2)o1. The quantitative estimate of drug-likeness (QED) is 0.590. The highest BCUT2D eigenvalue weighted by molar-refractivity contribution is 7.09. The summed E-state index contributed by atoms with van der Waals surface area (Å²) in [5.41, 5.74) is 0.967. The third-order valence-corrected chi connectivity index (χ3v) is 4.73. The fourth-order valence-electron chi connectivity index (χ4n) is 2.72. The minimum atomic E-state index is -0.178. The van der Waals surface area contributed by atoms with Crippen LogP contribution in [0.5, 0.6) is 0 Å². The van der Waals surface area contributed by atoms with Crippen molar-refractivity contribution in [1.29, 1.82) is 0 Å². The molecule has 2 heterocycles. The van der Waals surface area contributed by atoms with Gasteiger partial charge in [-0.15, -0.1) is 16.4 Å². The first-order valence-corrected chi connectivity index (χ1v) is 8.77. The average molecular weight is 349 g/mol. The molecule has 0 aliphatic carbocycles. The molecule has 25 heavy (non-hydrogen) atoms. The van der Waals surface area contributed by atoms with Crippen LogP contribution in [0.4, 0.5) is 6.01 Å². The highest BCUT2D eigenvalue weighted by Gasteiger charge is 2.12. The van der Waals surface area contributed by atoms with E-state index in [1.807, 2.05) is 60.0 Å². The van der Waals surface area contributed by atoms with E-state index in [1.165, 1.54) is 0 Å². The number of nitrogens with zero attached hydrogens (tertiary/aromatic N) is 2. The molecule has 2 aromatic carbocycles. The number of carbonyl (C=O) groups is 1. The van der Waals surface area contributed by atoms with Crippen molar-refractivity contribution in [2.45, 2.75) is 12.8 Å². The van der Waals surface area contributed by atoms with Crippen molar-refractivity contribution < 1.29 is 9.21 Å². The van der Waals surface area contributed by atoms with E-state index in [-0.39, 0.29) is 18.3 Å². The third kappa shape index (κ3) is 3.59. The number of aromatic nitrogens is 2. The van der Waals surface area contributed by atoms with Crippen molar-refractivity contribution in [3.8, 4) is 0 Å². The molecule has 0 saturated heterocycles. The number of nitrogens with one attached hydrogen (secondary N) is 1. The van der Waals surface area contributed by atoms with Gasteiger partial charge in [0.1, 0.15) is 0 Å². The molecule has 0 spiro atoms. The van der Waals surface area contributed by atoms with Crippen LogP contribution in [0.3, 0.4) is 0 Å². The summed E-state index contributed by atoms with van der Waals surface area (Å²) >= 11 is 1.63. The van der Waals surface area contributed by atoms with Gasteiger partial charge in [0.15, 0.2) is 0 Å². The fourth-order valence-corrected chi connectivity index (χ4v) is 3.42. The first kappa shape index (κ1) is 15.5. The fraction of sp³-hybridized carbons (Fsp3) is 0.105. The normalized spacial score (nSPS) is 10.9. The van der Waals surface area contributed by atoms with E-state index in [1.54, 1.807) is 11.3 Å². The Kier molecular flexibility index (Phi) is 4.26. The predicted octanol–water partition coefficient (Wildman–Crippen LogP) is 4.06. The zero-order valence-corrected chi connectivity index (χ0v) is 14.1. The zero-order chi connectivity index (χ0) is 17.1. The monoisotopic (exact) mass is 349 g/mol. The molecule has 124 valence electrons. The second kappa shape index (κ2) is 6.86. The van der Waals surface area contributed by atoms with E-state index in [0.717, 1.165) is 21.2 Å². The van der Waals surface area contributed by atoms with Crippen molar-refractivity contribution >= 4 is 34.0 Å². The van der Waals surface area contributed by atoms with E-state index >= 15 is 0 Å². The summed E-state index contributed by atoms with van der Waals surface area (Å²) in [7, 11) is 0. The molecule has 4 rings (SSSR count). The standard InChI is InChI=1S/C19H15N3O2S/c23-17(11-14-7-3-6-13-5-1-2-9-16(13)14)20-19-22-21-18(24-19)12-15-8-4-10-25-15/h1-10H,11-12H2,(H,20,22,23). The minimum absolute atomic E-state index is 0.136. The van der Waals surface area contributed by atoms with Crippen LogP contribution in [0.15, 0.2) is 64.4 Å². The van der Waals surface area contributed by atoms with E-state index in [2.05, 4.69) is 15.5 Å².